The molecule has 27 heavy (non-hydrogen) atoms. The number of aryl methyl sites for hydroxylation is 3. The quantitative estimate of drug-likeness (QED) is 0.576. The highest BCUT2D eigenvalue weighted by Gasteiger charge is 2.15. The lowest BCUT2D eigenvalue weighted by Gasteiger charge is -2.11. The zero-order valence-electron chi connectivity index (χ0n) is 15.0. The summed E-state index contributed by atoms with van der Waals surface area (Å²) in [7, 11) is 0. The van der Waals surface area contributed by atoms with E-state index in [1.54, 1.807) is 6.07 Å². The lowest BCUT2D eigenvalue weighted by atomic mass is 10.3. The van der Waals surface area contributed by atoms with Gasteiger partial charge in [0.05, 0.1) is 14.6 Å². The van der Waals surface area contributed by atoms with Crippen LogP contribution in [0.4, 0.5) is 5.82 Å². The van der Waals surface area contributed by atoms with Crippen molar-refractivity contribution in [2.45, 2.75) is 20.8 Å². The fourth-order valence-electron chi connectivity index (χ4n) is 2.48. The van der Waals surface area contributed by atoms with Gasteiger partial charge in [0.1, 0.15) is 11.6 Å². The van der Waals surface area contributed by atoms with E-state index in [2.05, 4.69) is 52.2 Å². The fraction of sp³-hybridized carbons (Fsp3) is 0.222. The van der Waals surface area contributed by atoms with E-state index in [1.165, 1.54) is 4.68 Å². The molecule has 0 saturated heterocycles. The van der Waals surface area contributed by atoms with Crippen LogP contribution >= 0.6 is 31.9 Å². The van der Waals surface area contributed by atoms with Crippen molar-refractivity contribution in [3.05, 3.63) is 56.4 Å². The molecule has 7 nitrogen and oxygen atoms in total. The van der Waals surface area contributed by atoms with Crippen molar-refractivity contribution in [2.75, 3.05) is 11.9 Å². The van der Waals surface area contributed by atoms with Crippen molar-refractivity contribution in [1.29, 1.82) is 0 Å². The molecule has 3 rings (SSSR count). The van der Waals surface area contributed by atoms with Gasteiger partial charge in [0.2, 0.25) is 0 Å². The van der Waals surface area contributed by atoms with E-state index in [-0.39, 0.29) is 12.5 Å². The number of carbonyl (C=O) groups is 1. The highest BCUT2D eigenvalue weighted by molar-refractivity contribution is 9.11. The Morgan fingerprint density at radius 3 is 2.33 bits per heavy atom. The molecular weight excluding hydrogens is 478 g/mol. The molecule has 140 valence electrons. The smallest absolute Gasteiger partial charge is 0.263 e. The summed E-state index contributed by atoms with van der Waals surface area (Å²) in [5.74, 6) is 1.14. The number of hydrogen-bond donors (Lipinski definition) is 1. The lowest BCUT2D eigenvalue weighted by Crippen LogP contribution is -2.22. The zero-order chi connectivity index (χ0) is 19.6. The normalized spacial score (nSPS) is 10.7. The first kappa shape index (κ1) is 19.5. The van der Waals surface area contributed by atoms with E-state index in [0.29, 0.717) is 17.5 Å². The van der Waals surface area contributed by atoms with Crippen LogP contribution < -0.4 is 10.1 Å². The van der Waals surface area contributed by atoms with Crippen LogP contribution in [0.15, 0.2) is 39.3 Å². The Hall–Kier alpha value is -2.26. The van der Waals surface area contributed by atoms with Gasteiger partial charge in [-0.3, -0.25) is 4.79 Å². The van der Waals surface area contributed by atoms with Crippen LogP contribution in [-0.2, 0) is 4.79 Å². The van der Waals surface area contributed by atoms with Gasteiger partial charge in [-0.25, -0.2) is 9.97 Å². The molecule has 0 spiro atoms. The van der Waals surface area contributed by atoms with Crippen LogP contribution in [-0.4, -0.2) is 32.3 Å². The molecule has 2 heterocycles. The lowest BCUT2D eigenvalue weighted by molar-refractivity contribution is -0.118. The maximum absolute atomic E-state index is 12.4. The van der Waals surface area contributed by atoms with Crippen molar-refractivity contribution < 1.29 is 9.53 Å². The third-order valence-electron chi connectivity index (χ3n) is 3.53. The van der Waals surface area contributed by atoms with Gasteiger partial charge in [0, 0.05) is 17.5 Å². The monoisotopic (exact) mass is 493 g/mol. The molecule has 2 aromatic heterocycles. The molecule has 3 aromatic rings. The molecule has 9 heteroatoms. The van der Waals surface area contributed by atoms with E-state index >= 15 is 0 Å². The van der Waals surface area contributed by atoms with Gasteiger partial charge < -0.3 is 10.1 Å². The second-order valence-corrected chi connectivity index (χ2v) is 7.63. The number of nitrogens with one attached hydrogen (secondary N) is 1. The van der Waals surface area contributed by atoms with E-state index in [9.17, 15) is 4.79 Å². The molecular formula is C18H17Br2N5O2. The molecule has 0 aliphatic rings. The van der Waals surface area contributed by atoms with Crippen molar-refractivity contribution in [2.24, 2.45) is 0 Å². The molecule has 0 radical (unpaired) electrons. The number of anilines is 1. The number of aromatic nitrogens is 4. The second-order valence-electron chi connectivity index (χ2n) is 5.92. The van der Waals surface area contributed by atoms with Crippen LogP contribution in [0.2, 0.25) is 0 Å². The number of carbonyl (C=O) groups excluding carboxylic acids is 1. The summed E-state index contributed by atoms with van der Waals surface area (Å²) >= 11 is 6.81. The van der Waals surface area contributed by atoms with Crippen molar-refractivity contribution in [3.63, 3.8) is 0 Å². The number of halogens is 2. The van der Waals surface area contributed by atoms with Gasteiger partial charge in [-0.05, 0) is 70.8 Å². The number of nitrogens with zero attached hydrogens (tertiary/aromatic N) is 4. The van der Waals surface area contributed by atoms with Crippen LogP contribution in [0, 0.1) is 20.8 Å². The molecule has 0 unspecified atom stereocenters. The number of rotatable bonds is 5. The molecule has 0 bridgehead atoms. The minimum Gasteiger partial charge on any atom is -0.481 e. The number of para-hydroxylation sites is 1. The average Bonchev–Trinajstić information content (AvgIpc) is 2.94. The third kappa shape index (κ3) is 4.72. The summed E-state index contributed by atoms with van der Waals surface area (Å²) in [5, 5.41) is 7.19. The zero-order valence-corrected chi connectivity index (χ0v) is 18.1. The summed E-state index contributed by atoms with van der Waals surface area (Å²) in [4.78, 5) is 21.2. The first-order valence-corrected chi connectivity index (χ1v) is 9.68. The molecule has 1 aromatic carbocycles. The Balaban J connectivity index is 1.77. The molecule has 0 aliphatic heterocycles. The number of hydrogen-bond acceptors (Lipinski definition) is 5. The topological polar surface area (TPSA) is 81.9 Å². The Kier molecular flexibility index (Phi) is 5.91. The Morgan fingerprint density at radius 1 is 1.07 bits per heavy atom. The SMILES string of the molecule is Cc1cc(C)nc(-n2nc(C)cc2NC(=O)COc2c(Br)cccc2Br)n1. The fourth-order valence-corrected chi connectivity index (χ4v) is 3.71. The van der Waals surface area contributed by atoms with Gasteiger partial charge in [-0.1, -0.05) is 6.07 Å². The molecule has 0 atom stereocenters. The highest BCUT2D eigenvalue weighted by atomic mass is 79.9. The Morgan fingerprint density at radius 2 is 1.70 bits per heavy atom. The predicted molar refractivity (Wildman–Crippen MR) is 109 cm³/mol. The van der Waals surface area contributed by atoms with Crippen LogP contribution in [0.1, 0.15) is 17.1 Å². The number of benzene rings is 1. The second kappa shape index (κ2) is 8.18. The maximum atomic E-state index is 12.4. The van der Waals surface area contributed by atoms with Gasteiger partial charge in [0.15, 0.2) is 6.61 Å². The highest BCUT2D eigenvalue weighted by Crippen LogP contribution is 2.32. The van der Waals surface area contributed by atoms with Gasteiger partial charge >= 0.3 is 0 Å². The number of amides is 1. The summed E-state index contributed by atoms with van der Waals surface area (Å²) in [6, 6.07) is 9.18. The minimum atomic E-state index is -0.317. The molecule has 0 aliphatic carbocycles. The van der Waals surface area contributed by atoms with Crippen molar-refractivity contribution in [3.8, 4) is 11.7 Å². The van der Waals surface area contributed by atoms with Gasteiger partial charge in [-0.15, -0.1) is 0 Å². The van der Waals surface area contributed by atoms with Gasteiger partial charge in [0.25, 0.3) is 11.9 Å². The summed E-state index contributed by atoms with van der Waals surface area (Å²) in [6.45, 7) is 5.45. The molecule has 1 amide bonds. The van der Waals surface area contributed by atoms with Crippen molar-refractivity contribution in [1.82, 2.24) is 19.7 Å². The van der Waals surface area contributed by atoms with E-state index < -0.39 is 0 Å². The Bertz CT molecular complexity index is 963. The van der Waals surface area contributed by atoms with E-state index in [0.717, 1.165) is 26.0 Å². The largest absolute Gasteiger partial charge is 0.481 e. The first-order valence-electron chi connectivity index (χ1n) is 8.09. The van der Waals surface area contributed by atoms with Crippen LogP contribution in [0.5, 0.6) is 5.75 Å². The van der Waals surface area contributed by atoms with Crippen molar-refractivity contribution >= 4 is 43.6 Å². The average molecular weight is 495 g/mol. The van der Waals surface area contributed by atoms with Crippen LogP contribution in [0.25, 0.3) is 5.95 Å². The maximum Gasteiger partial charge on any atom is 0.263 e. The minimum absolute atomic E-state index is 0.154. The molecule has 0 fully saturated rings. The summed E-state index contributed by atoms with van der Waals surface area (Å²) in [5.41, 5.74) is 2.39. The first-order chi connectivity index (χ1) is 12.8. The summed E-state index contributed by atoms with van der Waals surface area (Å²) < 4.78 is 8.66. The molecule has 0 saturated carbocycles. The Labute approximate surface area is 173 Å². The van der Waals surface area contributed by atoms with E-state index in [4.69, 9.17) is 4.74 Å². The summed E-state index contributed by atoms with van der Waals surface area (Å²) in [6.07, 6.45) is 0. The van der Waals surface area contributed by atoms with Crippen LogP contribution in [0.3, 0.4) is 0 Å². The van der Waals surface area contributed by atoms with E-state index in [1.807, 2.05) is 45.0 Å². The van der Waals surface area contributed by atoms with Gasteiger partial charge in [-0.2, -0.15) is 9.78 Å². The number of ether oxygens (including phenoxy) is 1. The third-order valence-corrected chi connectivity index (χ3v) is 4.77. The molecule has 1 N–H and O–H groups in total. The predicted octanol–water partition coefficient (Wildman–Crippen LogP) is 4.13. The standard InChI is InChI=1S/C18H17Br2N5O2/c1-10-7-11(2)22-18(21-10)25-15(8-12(3)24-25)23-16(26)9-27-17-13(19)5-4-6-14(17)20/h4-8H,9H2,1-3H3,(H,23,26).